The van der Waals surface area contributed by atoms with Gasteiger partial charge in [-0.25, -0.2) is 0 Å². The van der Waals surface area contributed by atoms with Crippen LogP contribution in [0.25, 0.3) is 0 Å². The number of aliphatic hydroxyl groups is 1. The lowest BCUT2D eigenvalue weighted by Crippen LogP contribution is -2.45. The summed E-state index contributed by atoms with van der Waals surface area (Å²) in [6, 6.07) is 9.17. The molecule has 1 fully saturated rings. The van der Waals surface area contributed by atoms with Gasteiger partial charge in [0.25, 0.3) is 0 Å². The van der Waals surface area contributed by atoms with Crippen molar-refractivity contribution in [2.75, 3.05) is 19.8 Å². The summed E-state index contributed by atoms with van der Waals surface area (Å²) in [5.74, 6) is -0.981. The summed E-state index contributed by atoms with van der Waals surface area (Å²) in [5, 5.41) is 12.7. The van der Waals surface area contributed by atoms with Crippen LogP contribution in [-0.2, 0) is 25.5 Å². The molecule has 2 aliphatic rings. The molecule has 0 bridgehead atoms. The number of esters is 1. The third kappa shape index (κ3) is 8.00. The number of benzene rings is 1. The van der Waals surface area contributed by atoms with Crippen molar-refractivity contribution in [1.29, 1.82) is 0 Å². The van der Waals surface area contributed by atoms with E-state index in [1.807, 2.05) is 42.5 Å². The summed E-state index contributed by atoms with van der Waals surface area (Å²) in [6.45, 7) is 0.678. The molecule has 0 unspecified atom stereocenters. The minimum absolute atomic E-state index is 0.0611. The fraction of sp³-hybridized carbons (Fsp3) is 0.577. The summed E-state index contributed by atoms with van der Waals surface area (Å²) in [7, 11) is 0. The Morgan fingerprint density at radius 3 is 2.76 bits per heavy atom. The Labute approximate surface area is 196 Å². The van der Waals surface area contributed by atoms with Gasteiger partial charge in [0.2, 0.25) is 11.8 Å². The number of cyclic esters (lactones) is 1. The van der Waals surface area contributed by atoms with Crippen LogP contribution in [-0.4, -0.2) is 59.6 Å². The number of amides is 2. The Kier molecular flexibility index (Phi) is 9.94. The van der Waals surface area contributed by atoms with Crippen LogP contribution in [0.1, 0.15) is 56.9 Å². The number of carbonyl (C=O) groups is 3. The van der Waals surface area contributed by atoms with Gasteiger partial charge in [0.05, 0.1) is 24.6 Å². The molecule has 3 rings (SSSR count). The first-order valence-electron chi connectivity index (χ1n) is 12.1. The number of ether oxygens (including phenoxy) is 1. The van der Waals surface area contributed by atoms with E-state index in [2.05, 4.69) is 5.32 Å². The van der Waals surface area contributed by atoms with Crippen molar-refractivity contribution in [3.05, 3.63) is 48.0 Å². The third-order valence-corrected chi connectivity index (χ3v) is 6.38. The maximum absolute atomic E-state index is 13.4. The van der Waals surface area contributed by atoms with Crippen molar-refractivity contribution < 1.29 is 24.2 Å². The second-order valence-corrected chi connectivity index (χ2v) is 9.00. The first-order chi connectivity index (χ1) is 16.1. The first-order valence-corrected chi connectivity index (χ1v) is 12.1. The second-order valence-electron chi connectivity index (χ2n) is 9.00. The van der Waals surface area contributed by atoms with Gasteiger partial charge in [-0.2, -0.15) is 0 Å². The zero-order chi connectivity index (χ0) is 23.5. The number of hydrogen-bond donors (Lipinski definition) is 2. The largest absolute Gasteiger partial charge is 0.463 e. The number of allylic oxidation sites excluding steroid dienone is 2. The number of rotatable bonds is 6. The van der Waals surface area contributed by atoms with Crippen molar-refractivity contribution in [2.24, 2.45) is 5.92 Å². The Morgan fingerprint density at radius 1 is 1.15 bits per heavy atom. The average molecular weight is 457 g/mol. The summed E-state index contributed by atoms with van der Waals surface area (Å²) >= 11 is 0. The molecule has 7 nitrogen and oxygen atoms in total. The smallest absolute Gasteiger partial charge is 0.305 e. The number of nitrogens with zero attached hydrogens (tertiary/aromatic N) is 1. The summed E-state index contributed by atoms with van der Waals surface area (Å²) in [6.07, 6.45) is 9.69. The summed E-state index contributed by atoms with van der Waals surface area (Å²) in [5.41, 5.74) is 1.03. The van der Waals surface area contributed by atoms with Gasteiger partial charge >= 0.3 is 5.97 Å². The van der Waals surface area contributed by atoms with Gasteiger partial charge in [-0.15, -0.1) is 0 Å². The van der Waals surface area contributed by atoms with E-state index in [0.29, 0.717) is 25.8 Å². The van der Waals surface area contributed by atoms with Crippen molar-refractivity contribution >= 4 is 17.8 Å². The van der Waals surface area contributed by atoms with Crippen LogP contribution in [0.5, 0.6) is 0 Å². The van der Waals surface area contributed by atoms with Gasteiger partial charge in [0, 0.05) is 19.4 Å². The van der Waals surface area contributed by atoms with E-state index in [1.54, 1.807) is 4.90 Å². The minimum atomic E-state index is -0.475. The molecule has 2 N–H and O–H groups in total. The predicted molar refractivity (Wildman–Crippen MR) is 125 cm³/mol. The highest BCUT2D eigenvalue weighted by molar-refractivity contribution is 5.86. The van der Waals surface area contributed by atoms with Gasteiger partial charge < -0.3 is 20.1 Å². The zero-order valence-corrected chi connectivity index (χ0v) is 19.3. The SMILES string of the molecule is O=C(C[C@H]1CC=CCCCCC(=O)OC[C@@H]2CCCN2C1=O)N[C@H](CO)Cc1ccccc1. The van der Waals surface area contributed by atoms with Gasteiger partial charge in [-0.3, -0.25) is 14.4 Å². The highest BCUT2D eigenvalue weighted by Crippen LogP contribution is 2.24. The fourth-order valence-electron chi connectivity index (χ4n) is 4.55. The predicted octanol–water partition coefficient (Wildman–Crippen LogP) is 2.77. The molecule has 2 heterocycles. The molecule has 33 heavy (non-hydrogen) atoms. The molecule has 180 valence electrons. The maximum Gasteiger partial charge on any atom is 0.305 e. The van der Waals surface area contributed by atoms with E-state index in [0.717, 1.165) is 37.7 Å². The highest BCUT2D eigenvalue weighted by atomic mass is 16.5. The van der Waals surface area contributed by atoms with Crippen molar-refractivity contribution in [3.8, 4) is 0 Å². The van der Waals surface area contributed by atoms with Gasteiger partial charge in [0.1, 0.15) is 6.61 Å². The molecule has 0 saturated carbocycles. The molecule has 2 amide bonds. The van der Waals surface area contributed by atoms with Crippen LogP contribution >= 0.6 is 0 Å². The van der Waals surface area contributed by atoms with Gasteiger partial charge in [0.15, 0.2) is 0 Å². The highest BCUT2D eigenvalue weighted by Gasteiger charge is 2.34. The van der Waals surface area contributed by atoms with Crippen LogP contribution in [0.2, 0.25) is 0 Å². The standard InChI is InChI=1S/C26H36N2O5/c29-18-22(16-20-10-5-4-6-11-20)27-24(30)17-21-12-7-2-1-3-8-14-25(31)33-19-23-13-9-15-28(23)26(21)32/h2,4-7,10-11,21-23,29H,1,3,8-9,12-19H2,(H,27,30)/t21-,22+,23+/m1/s1. The Hall–Kier alpha value is -2.67. The lowest BCUT2D eigenvalue weighted by molar-refractivity contribution is -0.148. The molecule has 0 aromatic heterocycles. The normalized spacial score (nSPS) is 23.4. The summed E-state index contributed by atoms with van der Waals surface area (Å²) in [4.78, 5) is 40.0. The minimum Gasteiger partial charge on any atom is -0.463 e. The molecular weight excluding hydrogens is 420 g/mol. The van der Waals surface area contributed by atoms with Crippen LogP contribution < -0.4 is 5.32 Å². The quantitative estimate of drug-likeness (QED) is 0.507. The number of aliphatic hydroxyl groups excluding tert-OH is 1. The molecule has 0 radical (unpaired) electrons. The van der Waals surface area contributed by atoms with Crippen molar-refractivity contribution in [3.63, 3.8) is 0 Å². The summed E-state index contributed by atoms with van der Waals surface area (Å²) < 4.78 is 5.43. The molecule has 1 aromatic carbocycles. The number of carbonyl (C=O) groups excluding carboxylic acids is 3. The molecular formula is C26H36N2O5. The van der Waals surface area contributed by atoms with Crippen LogP contribution in [0.3, 0.4) is 0 Å². The molecule has 0 aliphatic carbocycles. The van der Waals surface area contributed by atoms with Crippen molar-refractivity contribution in [2.45, 2.75) is 69.9 Å². The fourth-order valence-corrected chi connectivity index (χ4v) is 4.55. The van der Waals surface area contributed by atoms with Crippen LogP contribution in [0.4, 0.5) is 0 Å². The number of hydrogen-bond acceptors (Lipinski definition) is 5. The van der Waals surface area contributed by atoms with Gasteiger partial charge in [-0.1, -0.05) is 42.5 Å². The average Bonchev–Trinajstić information content (AvgIpc) is 3.29. The molecule has 2 aliphatic heterocycles. The van der Waals surface area contributed by atoms with Gasteiger partial charge in [-0.05, 0) is 50.5 Å². The Balaban J connectivity index is 1.65. The Morgan fingerprint density at radius 2 is 1.97 bits per heavy atom. The maximum atomic E-state index is 13.4. The topological polar surface area (TPSA) is 95.9 Å². The second kappa shape index (κ2) is 13.1. The number of nitrogens with one attached hydrogen (secondary N) is 1. The van der Waals surface area contributed by atoms with E-state index in [-0.39, 0.29) is 43.5 Å². The zero-order valence-electron chi connectivity index (χ0n) is 19.3. The van der Waals surface area contributed by atoms with E-state index in [4.69, 9.17) is 4.74 Å². The van der Waals surface area contributed by atoms with E-state index < -0.39 is 12.0 Å². The lowest BCUT2D eigenvalue weighted by Gasteiger charge is -2.28. The monoisotopic (exact) mass is 456 g/mol. The Bertz CT molecular complexity index is 810. The lowest BCUT2D eigenvalue weighted by atomic mass is 9.97. The third-order valence-electron chi connectivity index (χ3n) is 6.38. The molecule has 3 atom stereocenters. The molecule has 7 heteroatoms. The first kappa shape index (κ1) is 25.0. The molecule has 1 aromatic rings. The molecule has 0 spiro atoms. The van der Waals surface area contributed by atoms with E-state index >= 15 is 0 Å². The van der Waals surface area contributed by atoms with Crippen LogP contribution in [0.15, 0.2) is 42.5 Å². The van der Waals surface area contributed by atoms with E-state index in [9.17, 15) is 19.5 Å². The molecule has 1 saturated heterocycles. The van der Waals surface area contributed by atoms with E-state index in [1.165, 1.54) is 0 Å². The number of fused-ring (bicyclic) bond motifs is 1. The van der Waals surface area contributed by atoms with Crippen molar-refractivity contribution in [1.82, 2.24) is 10.2 Å². The van der Waals surface area contributed by atoms with Crippen LogP contribution in [0, 0.1) is 5.92 Å².